The van der Waals surface area contributed by atoms with Crippen LogP contribution in [0.4, 0.5) is 4.39 Å². The molecule has 0 bridgehead atoms. The van der Waals surface area contributed by atoms with Crippen molar-refractivity contribution >= 4 is 11.6 Å². The first-order chi connectivity index (χ1) is 5.77. The summed E-state index contributed by atoms with van der Waals surface area (Å²) in [6.07, 6.45) is 0. The normalized spacial score (nSPS) is 12.9. The molecule has 1 aromatic carbocycles. The standard InChI is InChI=1S/C9H11ClFN/c1-12-9(6-11)7-3-2-4-8(10)5-7/h2-5,9,12H,6H2,1H3. The minimum atomic E-state index is -0.420. The van der Waals surface area contributed by atoms with Gasteiger partial charge in [0, 0.05) is 5.02 Å². The number of rotatable bonds is 3. The van der Waals surface area contributed by atoms with Crippen molar-refractivity contribution in [3.63, 3.8) is 0 Å². The summed E-state index contributed by atoms with van der Waals surface area (Å²) in [6.45, 7) is -0.420. The molecule has 1 aromatic rings. The maximum Gasteiger partial charge on any atom is 0.109 e. The summed E-state index contributed by atoms with van der Waals surface area (Å²) in [5.74, 6) is 0. The summed E-state index contributed by atoms with van der Waals surface area (Å²) in [7, 11) is 1.73. The zero-order valence-corrected chi connectivity index (χ0v) is 7.61. The Kier molecular flexibility index (Phi) is 3.50. The molecule has 0 aliphatic rings. The molecule has 1 nitrogen and oxygen atoms in total. The number of benzene rings is 1. The Balaban J connectivity index is 2.85. The van der Waals surface area contributed by atoms with E-state index in [9.17, 15) is 4.39 Å². The fraction of sp³-hybridized carbons (Fsp3) is 0.333. The summed E-state index contributed by atoms with van der Waals surface area (Å²) in [4.78, 5) is 0. The number of nitrogens with one attached hydrogen (secondary N) is 1. The first-order valence-electron chi connectivity index (χ1n) is 3.76. The van der Waals surface area contributed by atoms with Crippen LogP contribution < -0.4 is 5.32 Å². The van der Waals surface area contributed by atoms with Crippen molar-refractivity contribution in [2.24, 2.45) is 0 Å². The third-order valence-electron chi connectivity index (χ3n) is 1.75. The average molecular weight is 188 g/mol. The van der Waals surface area contributed by atoms with E-state index in [1.165, 1.54) is 0 Å². The SMILES string of the molecule is CNC(CF)c1cccc(Cl)c1. The van der Waals surface area contributed by atoms with Gasteiger partial charge in [0.25, 0.3) is 0 Å². The maximum absolute atomic E-state index is 12.4. The smallest absolute Gasteiger partial charge is 0.109 e. The van der Waals surface area contributed by atoms with Crippen LogP contribution in [0.2, 0.25) is 5.02 Å². The molecule has 1 atom stereocenters. The van der Waals surface area contributed by atoms with Gasteiger partial charge in [-0.1, -0.05) is 23.7 Å². The molecule has 0 amide bonds. The highest BCUT2D eigenvalue weighted by molar-refractivity contribution is 6.30. The van der Waals surface area contributed by atoms with E-state index in [0.29, 0.717) is 5.02 Å². The number of hydrogen-bond acceptors (Lipinski definition) is 1. The van der Waals surface area contributed by atoms with Gasteiger partial charge < -0.3 is 5.32 Å². The van der Waals surface area contributed by atoms with E-state index in [2.05, 4.69) is 5.32 Å². The Morgan fingerprint density at radius 1 is 1.58 bits per heavy atom. The van der Waals surface area contributed by atoms with Crippen molar-refractivity contribution < 1.29 is 4.39 Å². The zero-order valence-electron chi connectivity index (χ0n) is 6.85. The summed E-state index contributed by atoms with van der Waals surface area (Å²) in [5, 5.41) is 3.50. The monoisotopic (exact) mass is 187 g/mol. The summed E-state index contributed by atoms with van der Waals surface area (Å²) in [6, 6.07) is 6.96. The lowest BCUT2D eigenvalue weighted by atomic mass is 10.1. The Hall–Kier alpha value is -0.600. The summed E-state index contributed by atoms with van der Waals surface area (Å²) >= 11 is 5.75. The van der Waals surface area contributed by atoms with Gasteiger partial charge in [-0.15, -0.1) is 0 Å². The van der Waals surface area contributed by atoms with Crippen LogP contribution in [0.25, 0.3) is 0 Å². The first kappa shape index (κ1) is 9.49. The van der Waals surface area contributed by atoms with Crippen LogP contribution in [-0.2, 0) is 0 Å². The topological polar surface area (TPSA) is 12.0 Å². The van der Waals surface area contributed by atoms with Gasteiger partial charge in [-0.05, 0) is 24.7 Å². The Morgan fingerprint density at radius 2 is 2.33 bits per heavy atom. The predicted molar refractivity (Wildman–Crippen MR) is 49.2 cm³/mol. The molecule has 0 fully saturated rings. The van der Waals surface area contributed by atoms with Gasteiger partial charge in [-0.3, -0.25) is 0 Å². The average Bonchev–Trinajstić information content (AvgIpc) is 2.07. The van der Waals surface area contributed by atoms with E-state index in [-0.39, 0.29) is 6.04 Å². The molecule has 0 aliphatic heterocycles. The fourth-order valence-corrected chi connectivity index (χ4v) is 1.25. The lowest BCUT2D eigenvalue weighted by Crippen LogP contribution is -2.17. The van der Waals surface area contributed by atoms with Gasteiger partial charge in [0.2, 0.25) is 0 Å². The predicted octanol–water partition coefficient (Wildman–Crippen LogP) is 2.57. The summed E-state index contributed by atoms with van der Waals surface area (Å²) in [5.41, 5.74) is 0.882. The van der Waals surface area contributed by atoms with E-state index < -0.39 is 6.67 Å². The maximum atomic E-state index is 12.4. The van der Waals surface area contributed by atoms with Crippen LogP contribution in [0, 0.1) is 0 Å². The van der Waals surface area contributed by atoms with Crippen molar-refractivity contribution in [3.05, 3.63) is 34.9 Å². The second kappa shape index (κ2) is 4.43. The molecular formula is C9H11ClFN. The molecule has 3 heteroatoms. The van der Waals surface area contributed by atoms with Gasteiger partial charge in [0.15, 0.2) is 0 Å². The molecule has 12 heavy (non-hydrogen) atoms. The van der Waals surface area contributed by atoms with Crippen molar-refractivity contribution in [2.45, 2.75) is 6.04 Å². The number of hydrogen-bond donors (Lipinski definition) is 1. The third-order valence-corrected chi connectivity index (χ3v) is 1.99. The number of halogens is 2. The van der Waals surface area contributed by atoms with E-state index in [1.807, 2.05) is 12.1 Å². The lowest BCUT2D eigenvalue weighted by molar-refractivity contribution is 0.400. The Morgan fingerprint density at radius 3 is 2.83 bits per heavy atom. The molecule has 66 valence electrons. The van der Waals surface area contributed by atoms with Gasteiger partial charge in [0.1, 0.15) is 6.67 Å². The second-order valence-electron chi connectivity index (χ2n) is 2.55. The van der Waals surface area contributed by atoms with Gasteiger partial charge in [-0.2, -0.15) is 0 Å². The number of alkyl halides is 1. The van der Waals surface area contributed by atoms with Crippen LogP contribution in [0.15, 0.2) is 24.3 Å². The molecule has 1 unspecified atom stereocenters. The van der Waals surface area contributed by atoms with E-state index in [4.69, 9.17) is 11.6 Å². The van der Waals surface area contributed by atoms with Gasteiger partial charge in [0.05, 0.1) is 6.04 Å². The Labute approximate surface area is 76.5 Å². The van der Waals surface area contributed by atoms with E-state index >= 15 is 0 Å². The van der Waals surface area contributed by atoms with E-state index in [1.54, 1.807) is 19.2 Å². The van der Waals surface area contributed by atoms with Gasteiger partial charge in [-0.25, -0.2) is 4.39 Å². The van der Waals surface area contributed by atoms with E-state index in [0.717, 1.165) is 5.56 Å². The lowest BCUT2D eigenvalue weighted by Gasteiger charge is -2.11. The minimum absolute atomic E-state index is 0.247. The quantitative estimate of drug-likeness (QED) is 0.767. The molecular weight excluding hydrogens is 177 g/mol. The third kappa shape index (κ3) is 2.19. The van der Waals surface area contributed by atoms with Crippen LogP contribution in [0.5, 0.6) is 0 Å². The molecule has 1 N–H and O–H groups in total. The molecule has 1 rings (SSSR count). The Bertz CT molecular complexity index is 248. The van der Waals surface area contributed by atoms with Crippen LogP contribution >= 0.6 is 11.6 Å². The molecule has 0 heterocycles. The molecule has 0 radical (unpaired) electrons. The molecule has 0 saturated carbocycles. The largest absolute Gasteiger partial charge is 0.311 e. The highest BCUT2D eigenvalue weighted by Crippen LogP contribution is 2.17. The highest BCUT2D eigenvalue weighted by atomic mass is 35.5. The fourth-order valence-electron chi connectivity index (χ4n) is 1.06. The molecule has 0 aromatic heterocycles. The van der Waals surface area contributed by atoms with Crippen molar-refractivity contribution in [1.82, 2.24) is 5.32 Å². The van der Waals surface area contributed by atoms with Gasteiger partial charge >= 0.3 is 0 Å². The zero-order chi connectivity index (χ0) is 8.97. The molecule has 0 spiro atoms. The minimum Gasteiger partial charge on any atom is -0.311 e. The molecule has 0 saturated heterocycles. The summed E-state index contributed by atoms with van der Waals surface area (Å²) < 4.78 is 12.4. The highest BCUT2D eigenvalue weighted by Gasteiger charge is 2.07. The molecule has 0 aliphatic carbocycles. The van der Waals surface area contributed by atoms with Crippen molar-refractivity contribution in [3.8, 4) is 0 Å². The van der Waals surface area contributed by atoms with Crippen molar-refractivity contribution in [1.29, 1.82) is 0 Å². The van der Waals surface area contributed by atoms with Crippen LogP contribution in [0.1, 0.15) is 11.6 Å². The second-order valence-corrected chi connectivity index (χ2v) is 2.99. The van der Waals surface area contributed by atoms with Crippen LogP contribution in [-0.4, -0.2) is 13.7 Å². The first-order valence-corrected chi connectivity index (χ1v) is 4.14. The van der Waals surface area contributed by atoms with Crippen molar-refractivity contribution in [2.75, 3.05) is 13.7 Å². The van der Waals surface area contributed by atoms with Crippen LogP contribution in [0.3, 0.4) is 0 Å².